The predicted octanol–water partition coefficient (Wildman–Crippen LogP) is 2.39. The predicted molar refractivity (Wildman–Crippen MR) is 61.0 cm³/mol. The monoisotopic (exact) mass is 228 g/mol. The lowest BCUT2D eigenvalue weighted by Crippen LogP contribution is -2.40. The Morgan fingerprint density at radius 1 is 1.44 bits per heavy atom. The molecule has 0 aliphatic carbocycles. The molecule has 4 heteroatoms. The fraction of sp³-hybridized carbons (Fsp3) is 0.667. The van der Waals surface area contributed by atoms with Gasteiger partial charge < -0.3 is 9.84 Å². The smallest absolute Gasteiger partial charge is 0.323 e. The summed E-state index contributed by atoms with van der Waals surface area (Å²) in [5, 5.41) is 9.19. The second-order valence-electron chi connectivity index (χ2n) is 3.64. The molecule has 0 amide bonds. The summed E-state index contributed by atoms with van der Waals surface area (Å²) in [5.41, 5.74) is -1.39. The van der Waals surface area contributed by atoms with Gasteiger partial charge in [-0.25, -0.2) is 0 Å². The topological polar surface area (TPSA) is 63.6 Å². The Labute approximate surface area is 96.3 Å². The Kier molecular flexibility index (Phi) is 6.46. The lowest BCUT2D eigenvalue weighted by molar-refractivity contribution is -0.169. The van der Waals surface area contributed by atoms with Crippen LogP contribution in [0.2, 0.25) is 0 Å². The molecule has 0 saturated carbocycles. The van der Waals surface area contributed by atoms with E-state index >= 15 is 0 Å². The molecule has 0 radical (unpaired) electrons. The number of carboxylic acid groups (broad SMARTS) is 1. The number of rotatable bonds is 8. The number of unbranched alkanes of at least 4 members (excludes halogenated alkanes) is 1. The SMILES string of the molecule is C=CCCCC(CC)(C(=O)O)C(=O)OCC. The number of hydrogen-bond donors (Lipinski definition) is 1. The first kappa shape index (κ1) is 14.7. The molecule has 1 unspecified atom stereocenters. The zero-order chi connectivity index (χ0) is 12.6. The van der Waals surface area contributed by atoms with Gasteiger partial charge in [0.25, 0.3) is 0 Å². The highest BCUT2D eigenvalue weighted by molar-refractivity contribution is 5.99. The summed E-state index contributed by atoms with van der Waals surface area (Å²) in [6.45, 7) is 7.14. The number of aliphatic carboxylic acids is 1. The van der Waals surface area contributed by atoms with Crippen molar-refractivity contribution in [1.82, 2.24) is 0 Å². The highest BCUT2D eigenvalue weighted by atomic mass is 16.5. The van der Waals surface area contributed by atoms with Gasteiger partial charge in [-0.3, -0.25) is 9.59 Å². The minimum atomic E-state index is -1.39. The van der Waals surface area contributed by atoms with Crippen molar-refractivity contribution >= 4 is 11.9 Å². The van der Waals surface area contributed by atoms with E-state index in [1.54, 1.807) is 19.9 Å². The summed E-state index contributed by atoms with van der Waals surface area (Å²) in [6, 6.07) is 0. The van der Waals surface area contributed by atoms with Gasteiger partial charge in [0.1, 0.15) is 0 Å². The minimum absolute atomic E-state index is 0.204. The Hall–Kier alpha value is -1.32. The van der Waals surface area contributed by atoms with Crippen LogP contribution in [0.4, 0.5) is 0 Å². The van der Waals surface area contributed by atoms with Gasteiger partial charge >= 0.3 is 11.9 Å². The molecule has 0 saturated heterocycles. The molecule has 1 N–H and O–H groups in total. The molecular weight excluding hydrogens is 208 g/mol. The van der Waals surface area contributed by atoms with E-state index in [-0.39, 0.29) is 13.0 Å². The molecular formula is C12H20O4. The van der Waals surface area contributed by atoms with Crippen LogP contribution in [0.15, 0.2) is 12.7 Å². The van der Waals surface area contributed by atoms with E-state index in [2.05, 4.69) is 6.58 Å². The number of hydrogen-bond acceptors (Lipinski definition) is 3. The van der Waals surface area contributed by atoms with Crippen LogP contribution in [0.1, 0.15) is 39.5 Å². The number of esters is 1. The van der Waals surface area contributed by atoms with Crippen LogP contribution in [0.25, 0.3) is 0 Å². The zero-order valence-electron chi connectivity index (χ0n) is 9.99. The maximum atomic E-state index is 11.7. The second kappa shape index (κ2) is 7.04. The van der Waals surface area contributed by atoms with E-state index in [0.29, 0.717) is 19.3 Å². The van der Waals surface area contributed by atoms with Gasteiger partial charge in [0.2, 0.25) is 0 Å². The first-order valence-electron chi connectivity index (χ1n) is 5.56. The summed E-state index contributed by atoms with van der Waals surface area (Å²) < 4.78 is 4.84. The summed E-state index contributed by atoms with van der Waals surface area (Å²) in [7, 11) is 0. The number of allylic oxidation sites excluding steroid dienone is 1. The standard InChI is InChI=1S/C12H20O4/c1-4-7-8-9-12(5-2,10(13)14)11(15)16-6-3/h4H,1,5-9H2,2-3H3,(H,13,14). The fourth-order valence-corrected chi connectivity index (χ4v) is 1.59. The average Bonchev–Trinajstić information content (AvgIpc) is 2.24. The van der Waals surface area contributed by atoms with E-state index in [9.17, 15) is 14.7 Å². The molecule has 0 aromatic rings. The Balaban J connectivity index is 4.77. The van der Waals surface area contributed by atoms with Gasteiger partial charge in [-0.05, 0) is 32.6 Å². The molecule has 0 aliphatic rings. The molecule has 4 nitrogen and oxygen atoms in total. The third kappa shape index (κ3) is 3.36. The van der Waals surface area contributed by atoms with Gasteiger partial charge in [-0.15, -0.1) is 6.58 Å². The quantitative estimate of drug-likeness (QED) is 0.300. The van der Waals surface area contributed by atoms with E-state index in [1.807, 2.05) is 0 Å². The fourth-order valence-electron chi connectivity index (χ4n) is 1.59. The van der Waals surface area contributed by atoms with Crippen LogP contribution in [0.3, 0.4) is 0 Å². The maximum absolute atomic E-state index is 11.7. The third-order valence-electron chi connectivity index (χ3n) is 2.69. The molecule has 92 valence electrons. The molecule has 0 aromatic heterocycles. The van der Waals surface area contributed by atoms with Gasteiger partial charge in [-0.1, -0.05) is 13.0 Å². The van der Waals surface area contributed by atoms with Crippen molar-refractivity contribution in [2.75, 3.05) is 6.61 Å². The lowest BCUT2D eigenvalue weighted by Gasteiger charge is -2.25. The zero-order valence-corrected chi connectivity index (χ0v) is 9.99. The highest BCUT2D eigenvalue weighted by Crippen LogP contribution is 2.31. The van der Waals surface area contributed by atoms with Crippen molar-refractivity contribution < 1.29 is 19.4 Å². The van der Waals surface area contributed by atoms with Crippen molar-refractivity contribution in [2.45, 2.75) is 39.5 Å². The van der Waals surface area contributed by atoms with Gasteiger partial charge in [0, 0.05) is 0 Å². The molecule has 0 heterocycles. The largest absolute Gasteiger partial charge is 0.480 e. The number of carbonyl (C=O) groups excluding carboxylic acids is 1. The van der Waals surface area contributed by atoms with Crippen LogP contribution in [-0.4, -0.2) is 23.7 Å². The number of carboxylic acids is 1. The van der Waals surface area contributed by atoms with Crippen LogP contribution >= 0.6 is 0 Å². The van der Waals surface area contributed by atoms with E-state index in [1.165, 1.54) is 0 Å². The first-order chi connectivity index (χ1) is 7.55. The van der Waals surface area contributed by atoms with Crippen molar-refractivity contribution in [3.63, 3.8) is 0 Å². The third-order valence-corrected chi connectivity index (χ3v) is 2.69. The lowest BCUT2D eigenvalue weighted by atomic mass is 9.80. The number of ether oxygens (including phenoxy) is 1. The Morgan fingerprint density at radius 2 is 2.06 bits per heavy atom. The van der Waals surface area contributed by atoms with Gasteiger partial charge in [0.15, 0.2) is 5.41 Å². The Bertz CT molecular complexity index is 260. The van der Waals surface area contributed by atoms with Gasteiger partial charge in [0.05, 0.1) is 6.61 Å². The van der Waals surface area contributed by atoms with Gasteiger partial charge in [-0.2, -0.15) is 0 Å². The molecule has 0 rings (SSSR count). The first-order valence-corrected chi connectivity index (χ1v) is 5.56. The molecule has 0 aromatic carbocycles. The van der Waals surface area contributed by atoms with Crippen molar-refractivity contribution in [3.8, 4) is 0 Å². The van der Waals surface area contributed by atoms with E-state index < -0.39 is 17.4 Å². The van der Waals surface area contributed by atoms with Crippen LogP contribution in [0, 0.1) is 5.41 Å². The molecule has 0 fully saturated rings. The average molecular weight is 228 g/mol. The van der Waals surface area contributed by atoms with E-state index in [0.717, 1.165) is 0 Å². The van der Waals surface area contributed by atoms with E-state index in [4.69, 9.17) is 4.74 Å². The highest BCUT2D eigenvalue weighted by Gasteiger charge is 2.45. The Morgan fingerprint density at radius 3 is 2.44 bits per heavy atom. The second-order valence-corrected chi connectivity index (χ2v) is 3.64. The van der Waals surface area contributed by atoms with Crippen molar-refractivity contribution in [1.29, 1.82) is 0 Å². The molecule has 0 spiro atoms. The van der Waals surface area contributed by atoms with Crippen LogP contribution in [-0.2, 0) is 14.3 Å². The maximum Gasteiger partial charge on any atom is 0.323 e. The van der Waals surface area contributed by atoms with Crippen LogP contribution < -0.4 is 0 Å². The summed E-state index contributed by atoms with van der Waals surface area (Å²) in [5.74, 6) is -1.73. The van der Waals surface area contributed by atoms with Crippen molar-refractivity contribution in [2.24, 2.45) is 5.41 Å². The molecule has 16 heavy (non-hydrogen) atoms. The minimum Gasteiger partial charge on any atom is -0.480 e. The van der Waals surface area contributed by atoms with Crippen LogP contribution in [0.5, 0.6) is 0 Å². The summed E-state index contributed by atoms with van der Waals surface area (Å²) in [4.78, 5) is 22.9. The summed E-state index contributed by atoms with van der Waals surface area (Å²) >= 11 is 0. The number of carbonyl (C=O) groups is 2. The molecule has 1 atom stereocenters. The molecule has 0 aliphatic heterocycles. The summed E-state index contributed by atoms with van der Waals surface area (Å²) in [6.07, 6.45) is 3.59. The normalized spacial score (nSPS) is 13.9. The molecule has 0 bridgehead atoms. The van der Waals surface area contributed by atoms with Crippen molar-refractivity contribution in [3.05, 3.63) is 12.7 Å².